The van der Waals surface area contributed by atoms with Crippen LogP contribution in [0.2, 0.25) is 0 Å². The molecule has 1 unspecified atom stereocenters. The van der Waals surface area contributed by atoms with E-state index < -0.39 is 16.1 Å². The number of hydrogen-bond donors (Lipinski definition) is 1. The Balaban J connectivity index is 1.47. The van der Waals surface area contributed by atoms with Gasteiger partial charge in [0.15, 0.2) is 0 Å². The number of amides is 3. The molecule has 0 aromatic rings. The predicted octanol–water partition coefficient (Wildman–Crippen LogP) is 0.130. The second kappa shape index (κ2) is 5.32. The van der Waals surface area contributed by atoms with Gasteiger partial charge in [0.2, 0.25) is 5.91 Å². The Kier molecular flexibility index (Phi) is 3.78. The van der Waals surface area contributed by atoms with Crippen LogP contribution in [-0.4, -0.2) is 64.1 Å². The Morgan fingerprint density at radius 1 is 1.00 bits per heavy atom. The standard InChI is InChI=1S/C13H17Cl2N3O3/c14-13(15)7-9(13)11(20)17-3-5-18(6-4-17)12(21)10(19)16-8-1-2-8/h8-9H,1-7H2,(H,16,19). The first-order valence-electron chi connectivity index (χ1n) is 7.15. The Labute approximate surface area is 132 Å². The number of halogens is 2. The van der Waals surface area contributed by atoms with Crippen molar-refractivity contribution in [3.8, 4) is 0 Å². The fraction of sp³-hybridized carbons (Fsp3) is 0.769. The molecule has 0 spiro atoms. The van der Waals surface area contributed by atoms with Gasteiger partial charge in [-0.1, -0.05) is 0 Å². The fourth-order valence-corrected chi connectivity index (χ4v) is 2.95. The smallest absolute Gasteiger partial charge is 0.312 e. The number of nitrogens with one attached hydrogen (secondary N) is 1. The van der Waals surface area contributed by atoms with E-state index in [1.165, 1.54) is 4.90 Å². The number of alkyl halides is 2. The highest BCUT2D eigenvalue weighted by molar-refractivity contribution is 6.52. The average Bonchev–Trinajstić information content (AvgIpc) is 3.36. The van der Waals surface area contributed by atoms with Gasteiger partial charge in [-0.2, -0.15) is 0 Å². The van der Waals surface area contributed by atoms with E-state index in [1.807, 2.05) is 0 Å². The topological polar surface area (TPSA) is 69.7 Å². The molecular weight excluding hydrogens is 317 g/mol. The minimum Gasteiger partial charge on any atom is -0.345 e. The normalized spacial score (nSPS) is 27.2. The molecule has 1 saturated heterocycles. The first-order chi connectivity index (χ1) is 9.88. The lowest BCUT2D eigenvalue weighted by Crippen LogP contribution is -2.54. The molecule has 116 valence electrons. The van der Waals surface area contributed by atoms with Crippen molar-refractivity contribution >= 4 is 40.9 Å². The van der Waals surface area contributed by atoms with Crippen LogP contribution in [0.4, 0.5) is 0 Å². The van der Waals surface area contributed by atoms with Crippen LogP contribution in [0.3, 0.4) is 0 Å². The molecule has 3 aliphatic rings. The van der Waals surface area contributed by atoms with Crippen molar-refractivity contribution in [3.05, 3.63) is 0 Å². The number of carbonyl (C=O) groups excluding carboxylic acids is 3. The van der Waals surface area contributed by atoms with Crippen LogP contribution < -0.4 is 5.32 Å². The summed E-state index contributed by atoms with van der Waals surface area (Å²) in [7, 11) is 0. The molecule has 0 bridgehead atoms. The van der Waals surface area contributed by atoms with E-state index in [4.69, 9.17) is 23.2 Å². The van der Waals surface area contributed by atoms with Crippen molar-refractivity contribution in [2.45, 2.75) is 29.6 Å². The molecule has 1 atom stereocenters. The summed E-state index contributed by atoms with van der Waals surface area (Å²) < 4.78 is -0.922. The van der Waals surface area contributed by atoms with E-state index in [0.717, 1.165) is 12.8 Å². The van der Waals surface area contributed by atoms with Crippen molar-refractivity contribution in [1.29, 1.82) is 0 Å². The highest BCUT2D eigenvalue weighted by Gasteiger charge is 2.57. The molecular formula is C13H17Cl2N3O3. The molecule has 0 radical (unpaired) electrons. The molecule has 1 heterocycles. The van der Waals surface area contributed by atoms with E-state index in [0.29, 0.717) is 32.6 Å². The maximum atomic E-state index is 12.1. The first-order valence-corrected chi connectivity index (χ1v) is 7.90. The van der Waals surface area contributed by atoms with Crippen LogP contribution >= 0.6 is 23.2 Å². The van der Waals surface area contributed by atoms with E-state index in [1.54, 1.807) is 4.90 Å². The molecule has 21 heavy (non-hydrogen) atoms. The van der Waals surface area contributed by atoms with Crippen molar-refractivity contribution in [2.24, 2.45) is 5.92 Å². The largest absolute Gasteiger partial charge is 0.345 e. The van der Waals surface area contributed by atoms with Gasteiger partial charge in [0, 0.05) is 32.2 Å². The number of rotatable bonds is 2. The van der Waals surface area contributed by atoms with Crippen LogP contribution in [0.15, 0.2) is 0 Å². The van der Waals surface area contributed by atoms with Gasteiger partial charge >= 0.3 is 11.8 Å². The molecule has 3 rings (SSSR count). The van der Waals surface area contributed by atoms with Crippen molar-refractivity contribution < 1.29 is 14.4 Å². The van der Waals surface area contributed by atoms with Crippen molar-refractivity contribution in [2.75, 3.05) is 26.2 Å². The molecule has 3 fully saturated rings. The van der Waals surface area contributed by atoms with Crippen LogP contribution in [0, 0.1) is 5.92 Å². The van der Waals surface area contributed by atoms with Gasteiger partial charge < -0.3 is 15.1 Å². The van der Waals surface area contributed by atoms with Gasteiger partial charge in [-0.05, 0) is 19.3 Å². The molecule has 1 N–H and O–H groups in total. The molecule has 0 aromatic carbocycles. The predicted molar refractivity (Wildman–Crippen MR) is 76.9 cm³/mol. The molecule has 0 aromatic heterocycles. The zero-order valence-corrected chi connectivity index (χ0v) is 13.0. The Morgan fingerprint density at radius 2 is 1.52 bits per heavy atom. The van der Waals surface area contributed by atoms with Crippen molar-refractivity contribution in [1.82, 2.24) is 15.1 Å². The van der Waals surface area contributed by atoms with Gasteiger partial charge in [0.25, 0.3) is 0 Å². The Hall–Kier alpha value is -1.01. The highest BCUT2D eigenvalue weighted by atomic mass is 35.5. The number of hydrogen-bond acceptors (Lipinski definition) is 3. The average molecular weight is 334 g/mol. The third-order valence-electron chi connectivity index (χ3n) is 4.11. The van der Waals surface area contributed by atoms with Gasteiger partial charge in [-0.3, -0.25) is 14.4 Å². The molecule has 8 heteroatoms. The van der Waals surface area contributed by atoms with Gasteiger partial charge in [0.05, 0.1) is 5.92 Å². The first kappa shape index (κ1) is 14.9. The van der Waals surface area contributed by atoms with E-state index >= 15 is 0 Å². The van der Waals surface area contributed by atoms with Crippen LogP contribution in [0.25, 0.3) is 0 Å². The summed E-state index contributed by atoms with van der Waals surface area (Å²) >= 11 is 11.8. The lowest BCUT2D eigenvalue weighted by atomic mass is 10.2. The lowest BCUT2D eigenvalue weighted by Gasteiger charge is -2.34. The minimum atomic E-state index is -0.922. The zero-order chi connectivity index (χ0) is 15.2. The summed E-state index contributed by atoms with van der Waals surface area (Å²) in [5.41, 5.74) is 0. The molecule has 3 amide bonds. The fourth-order valence-electron chi connectivity index (χ4n) is 2.45. The number of nitrogens with zero attached hydrogens (tertiary/aromatic N) is 2. The number of carbonyl (C=O) groups is 3. The summed E-state index contributed by atoms with van der Waals surface area (Å²) in [4.78, 5) is 38.9. The lowest BCUT2D eigenvalue weighted by molar-refractivity contribution is -0.148. The molecule has 2 saturated carbocycles. The Bertz CT molecular complexity index is 485. The second-order valence-electron chi connectivity index (χ2n) is 5.88. The van der Waals surface area contributed by atoms with E-state index in [-0.39, 0.29) is 17.9 Å². The monoisotopic (exact) mass is 333 g/mol. The molecule has 1 aliphatic heterocycles. The van der Waals surface area contributed by atoms with Crippen LogP contribution in [0.1, 0.15) is 19.3 Å². The Morgan fingerprint density at radius 3 is 2.00 bits per heavy atom. The maximum absolute atomic E-state index is 12.1. The van der Waals surface area contributed by atoms with E-state index in [9.17, 15) is 14.4 Å². The summed E-state index contributed by atoms with van der Waals surface area (Å²) in [6.45, 7) is 1.57. The third-order valence-corrected chi connectivity index (χ3v) is 4.94. The summed E-state index contributed by atoms with van der Waals surface area (Å²) in [6.07, 6.45) is 2.38. The molecule has 2 aliphatic carbocycles. The summed E-state index contributed by atoms with van der Waals surface area (Å²) in [5.74, 6) is -1.44. The number of piperazine rings is 1. The van der Waals surface area contributed by atoms with Gasteiger partial charge in [-0.15, -0.1) is 23.2 Å². The van der Waals surface area contributed by atoms with Gasteiger partial charge in [-0.25, -0.2) is 0 Å². The molecule has 6 nitrogen and oxygen atoms in total. The zero-order valence-electron chi connectivity index (χ0n) is 11.5. The third kappa shape index (κ3) is 3.26. The minimum absolute atomic E-state index is 0.0606. The van der Waals surface area contributed by atoms with Crippen molar-refractivity contribution in [3.63, 3.8) is 0 Å². The van der Waals surface area contributed by atoms with E-state index in [2.05, 4.69) is 5.32 Å². The maximum Gasteiger partial charge on any atom is 0.312 e. The summed E-state index contributed by atoms with van der Waals surface area (Å²) in [6, 6.07) is 0.166. The van der Waals surface area contributed by atoms with Gasteiger partial charge in [0.1, 0.15) is 4.33 Å². The second-order valence-corrected chi connectivity index (χ2v) is 7.43. The highest BCUT2D eigenvalue weighted by Crippen LogP contribution is 2.53. The van der Waals surface area contributed by atoms with Crippen LogP contribution in [0.5, 0.6) is 0 Å². The summed E-state index contributed by atoms with van der Waals surface area (Å²) in [5, 5.41) is 2.68. The quantitative estimate of drug-likeness (QED) is 0.576. The van der Waals surface area contributed by atoms with Crippen LogP contribution in [-0.2, 0) is 14.4 Å². The SMILES string of the molecule is O=C(NC1CC1)C(=O)N1CCN(C(=O)C2CC2(Cl)Cl)CC1.